The van der Waals surface area contributed by atoms with Gasteiger partial charge < -0.3 is 14.2 Å². The molecule has 0 aliphatic heterocycles. The van der Waals surface area contributed by atoms with E-state index in [-0.39, 0.29) is 31.1 Å². The van der Waals surface area contributed by atoms with Crippen molar-refractivity contribution < 1.29 is 28.6 Å². The van der Waals surface area contributed by atoms with Gasteiger partial charge in [-0.3, -0.25) is 14.4 Å². The van der Waals surface area contributed by atoms with Gasteiger partial charge in [0.25, 0.3) is 0 Å². The molecule has 0 fully saturated rings. The molecule has 0 rings (SSSR count). The first-order valence-corrected chi connectivity index (χ1v) is 24.0. The zero-order valence-corrected chi connectivity index (χ0v) is 37.2. The van der Waals surface area contributed by atoms with Crippen LogP contribution in [-0.2, 0) is 28.6 Å². The highest BCUT2D eigenvalue weighted by molar-refractivity contribution is 5.71. The lowest BCUT2D eigenvalue weighted by Gasteiger charge is -2.18. The third kappa shape index (κ3) is 42.8. The van der Waals surface area contributed by atoms with E-state index in [1.54, 1.807) is 0 Å². The van der Waals surface area contributed by atoms with Crippen molar-refractivity contribution in [3.8, 4) is 0 Å². The van der Waals surface area contributed by atoms with Gasteiger partial charge in [-0.15, -0.1) is 0 Å². The average Bonchev–Trinajstić information content (AvgIpc) is 3.19. The summed E-state index contributed by atoms with van der Waals surface area (Å²) >= 11 is 0. The number of unbranched alkanes of at least 4 members (excludes halogenated alkanes) is 28. The minimum Gasteiger partial charge on any atom is -0.462 e. The molecule has 0 aromatic heterocycles. The Balaban J connectivity index is 4.35. The normalized spacial score (nSPS) is 12.3. The van der Waals surface area contributed by atoms with E-state index >= 15 is 0 Å². The molecule has 0 aliphatic carbocycles. The third-order valence-electron chi connectivity index (χ3n) is 10.5. The maximum Gasteiger partial charge on any atom is 0.306 e. The maximum absolute atomic E-state index is 12.7. The maximum atomic E-state index is 12.7. The van der Waals surface area contributed by atoms with Crippen molar-refractivity contribution in [1.29, 1.82) is 0 Å². The first-order chi connectivity index (χ1) is 27.5. The number of hydrogen-bond donors (Lipinski definition) is 0. The smallest absolute Gasteiger partial charge is 0.306 e. The second-order valence-corrected chi connectivity index (χ2v) is 16.1. The summed E-state index contributed by atoms with van der Waals surface area (Å²) in [6, 6.07) is 0. The van der Waals surface area contributed by atoms with Crippen molar-refractivity contribution in [3.05, 3.63) is 36.5 Å². The van der Waals surface area contributed by atoms with Crippen molar-refractivity contribution in [2.45, 2.75) is 252 Å². The van der Waals surface area contributed by atoms with Crippen LogP contribution in [0.5, 0.6) is 0 Å². The van der Waals surface area contributed by atoms with E-state index in [0.29, 0.717) is 19.3 Å². The third-order valence-corrected chi connectivity index (χ3v) is 10.5. The van der Waals surface area contributed by atoms with Gasteiger partial charge in [-0.25, -0.2) is 0 Å². The molecule has 6 heteroatoms. The molecule has 0 saturated carbocycles. The van der Waals surface area contributed by atoms with Crippen molar-refractivity contribution >= 4 is 17.9 Å². The molecule has 6 nitrogen and oxygen atoms in total. The van der Waals surface area contributed by atoms with Gasteiger partial charge in [-0.2, -0.15) is 0 Å². The molecule has 1 atom stereocenters. The lowest BCUT2D eigenvalue weighted by atomic mass is 10.0. The fraction of sp³-hybridized carbons (Fsp3) is 0.820. The van der Waals surface area contributed by atoms with Crippen LogP contribution in [0.4, 0.5) is 0 Å². The van der Waals surface area contributed by atoms with Crippen LogP contribution in [0.3, 0.4) is 0 Å². The quantitative estimate of drug-likeness (QED) is 0.0265. The Labute approximate surface area is 346 Å². The Morgan fingerprint density at radius 1 is 0.375 bits per heavy atom. The summed E-state index contributed by atoms with van der Waals surface area (Å²) in [5.74, 6) is -0.879. The Morgan fingerprint density at radius 3 is 1.07 bits per heavy atom. The Hall–Kier alpha value is -2.37. The monoisotopic (exact) mass is 787 g/mol. The number of esters is 3. The zero-order valence-electron chi connectivity index (χ0n) is 37.2. The summed E-state index contributed by atoms with van der Waals surface area (Å²) in [7, 11) is 0. The van der Waals surface area contributed by atoms with Crippen molar-refractivity contribution in [2.75, 3.05) is 13.2 Å². The molecule has 0 aromatic rings. The highest BCUT2D eigenvalue weighted by Crippen LogP contribution is 2.15. The Morgan fingerprint density at radius 2 is 0.696 bits per heavy atom. The Kier molecular flexibility index (Phi) is 43.4. The topological polar surface area (TPSA) is 78.9 Å². The summed E-state index contributed by atoms with van der Waals surface area (Å²) in [6.07, 6.45) is 51.2. The number of hydrogen-bond acceptors (Lipinski definition) is 6. The number of carbonyl (C=O) groups is 3. The summed E-state index contributed by atoms with van der Waals surface area (Å²) in [5, 5.41) is 0. The van der Waals surface area contributed by atoms with E-state index in [2.05, 4.69) is 57.2 Å². The number of allylic oxidation sites excluding steroid dienone is 6. The minimum atomic E-state index is -0.770. The fourth-order valence-corrected chi connectivity index (χ4v) is 6.85. The molecule has 1 unspecified atom stereocenters. The first kappa shape index (κ1) is 53.6. The van der Waals surface area contributed by atoms with Gasteiger partial charge >= 0.3 is 17.9 Å². The van der Waals surface area contributed by atoms with E-state index in [1.807, 2.05) is 0 Å². The van der Waals surface area contributed by atoms with Gasteiger partial charge in [0.2, 0.25) is 0 Å². The van der Waals surface area contributed by atoms with Crippen LogP contribution in [0.2, 0.25) is 0 Å². The van der Waals surface area contributed by atoms with Crippen LogP contribution in [-0.4, -0.2) is 37.2 Å². The van der Waals surface area contributed by atoms with Crippen LogP contribution in [0.1, 0.15) is 245 Å². The second-order valence-electron chi connectivity index (χ2n) is 16.1. The summed E-state index contributed by atoms with van der Waals surface area (Å²) in [6.45, 7) is 6.49. The molecule has 326 valence electrons. The first-order valence-electron chi connectivity index (χ1n) is 24.0. The number of rotatable bonds is 43. The Bertz CT molecular complexity index is 953. The van der Waals surface area contributed by atoms with Crippen LogP contribution >= 0.6 is 0 Å². The minimum absolute atomic E-state index is 0.0724. The van der Waals surface area contributed by atoms with E-state index in [4.69, 9.17) is 14.2 Å². The predicted octanol–water partition coefficient (Wildman–Crippen LogP) is 15.4. The predicted molar refractivity (Wildman–Crippen MR) is 238 cm³/mol. The van der Waals surface area contributed by atoms with E-state index in [0.717, 1.165) is 70.6 Å². The lowest BCUT2D eigenvalue weighted by molar-refractivity contribution is -0.167. The summed E-state index contributed by atoms with van der Waals surface area (Å²) in [4.78, 5) is 37.8. The van der Waals surface area contributed by atoms with Gasteiger partial charge in [-0.05, 0) is 38.5 Å². The number of ether oxygens (including phenoxy) is 3. The second kappa shape index (κ2) is 45.3. The van der Waals surface area contributed by atoms with Crippen LogP contribution in [0.15, 0.2) is 36.5 Å². The lowest BCUT2D eigenvalue weighted by Crippen LogP contribution is -2.30. The van der Waals surface area contributed by atoms with Gasteiger partial charge in [-0.1, -0.05) is 224 Å². The van der Waals surface area contributed by atoms with Crippen molar-refractivity contribution in [1.82, 2.24) is 0 Å². The van der Waals surface area contributed by atoms with Crippen LogP contribution in [0, 0.1) is 0 Å². The molecule has 0 bridgehead atoms. The van der Waals surface area contributed by atoms with Gasteiger partial charge in [0.05, 0.1) is 0 Å². The van der Waals surface area contributed by atoms with Crippen LogP contribution in [0.25, 0.3) is 0 Å². The van der Waals surface area contributed by atoms with Crippen LogP contribution < -0.4 is 0 Å². The average molecular weight is 787 g/mol. The molecular weight excluding hydrogens is 697 g/mol. The highest BCUT2D eigenvalue weighted by atomic mass is 16.6. The molecule has 56 heavy (non-hydrogen) atoms. The van der Waals surface area contributed by atoms with Gasteiger partial charge in [0, 0.05) is 19.3 Å². The largest absolute Gasteiger partial charge is 0.462 e. The highest BCUT2D eigenvalue weighted by Gasteiger charge is 2.19. The molecule has 0 amide bonds. The standard InChI is InChI=1S/C50H90O6/c1-4-7-10-13-16-19-22-24-25-27-28-31-34-37-40-43-49(52)55-46-47(45-54-48(51)42-39-36-33-30-21-18-15-12-9-6-3)56-50(53)44-41-38-35-32-29-26-23-20-17-14-11-8-5-2/h7,10,13,16,19,22,47H,4-6,8-9,11-12,14-15,17-18,20-21,23-46H2,1-3H3/b10-7-,16-13-,22-19-. The molecule has 0 saturated heterocycles. The van der Waals surface area contributed by atoms with E-state index < -0.39 is 6.10 Å². The molecule has 0 heterocycles. The van der Waals surface area contributed by atoms with E-state index in [1.165, 1.54) is 135 Å². The molecule has 0 aliphatic rings. The van der Waals surface area contributed by atoms with Crippen molar-refractivity contribution in [2.24, 2.45) is 0 Å². The fourth-order valence-electron chi connectivity index (χ4n) is 6.85. The molecule has 0 radical (unpaired) electrons. The molecule has 0 aromatic carbocycles. The SMILES string of the molecule is CC\C=C/C=C\C=C/CCCCCCCCCC(=O)OCC(COC(=O)CCCCCCCCCCCC)OC(=O)CCCCCCCCCCCCCCC. The number of carbonyl (C=O) groups excluding carboxylic acids is 3. The van der Waals surface area contributed by atoms with Gasteiger partial charge in [0.15, 0.2) is 6.10 Å². The van der Waals surface area contributed by atoms with Crippen molar-refractivity contribution in [3.63, 3.8) is 0 Å². The summed E-state index contributed by atoms with van der Waals surface area (Å²) in [5.41, 5.74) is 0. The molecular formula is C50H90O6. The van der Waals surface area contributed by atoms with E-state index in [9.17, 15) is 14.4 Å². The zero-order chi connectivity index (χ0) is 40.8. The summed E-state index contributed by atoms with van der Waals surface area (Å²) < 4.78 is 16.7. The molecule has 0 N–H and O–H groups in total. The van der Waals surface area contributed by atoms with Gasteiger partial charge in [0.1, 0.15) is 13.2 Å². The molecule has 0 spiro atoms.